The maximum Gasteiger partial charge on any atom is 0.0952 e. The maximum atomic E-state index is 6.13. The molecule has 26 heavy (non-hydrogen) atoms. The Kier molecular flexibility index (Phi) is 4.51. The van der Waals surface area contributed by atoms with Gasteiger partial charge in [-0.05, 0) is 43.2 Å². The summed E-state index contributed by atoms with van der Waals surface area (Å²) >= 11 is 0. The molecule has 0 unspecified atom stereocenters. The average molecular weight is 352 g/mol. The summed E-state index contributed by atoms with van der Waals surface area (Å²) in [4.78, 5) is 11.6. The quantitative estimate of drug-likeness (QED) is 0.766. The minimum atomic E-state index is 0.428. The van der Waals surface area contributed by atoms with Crippen LogP contribution in [0, 0.1) is 5.92 Å². The highest BCUT2D eigenvalue weighted by atomic mass is 16.5. The Labute approximate surface area is 155 Å². The van der Waals surface area contributed by atoms with Gasteiger partial charge in [0.1, 0.15) is 0 Å². The van der Waals surface area contributed by atoms with E-state index in [1.165, 1.54) is 43.5 Å². The highest BCUT2D eigenvalue weighted by Gasteiger charge is 2.36. The topological polar surface area (TPSA) is 43.2 Å². The van der Waals surface area contributed by atoms with E-state index >= 15 is 0 Å². The molecule has 1 atom stereocenters. The first kappa shape index (κ1) is 16.5. The van der Waals surface area contributed by atoms with Crippen molar-refractivity contribution in [3.63, 3.8) is 0 Å². The van der Waals surface area contributed by atoms with Crippen LogP contribution in [-0.4, -0.2) is 38.6 Å². The van der Waals surface area contributed by atoms with Crippen LogP contribution in [0.1, 0.15) is 55.0 Å². The Hall–Kier alpha value is -1.72. The Morgan fingerprint density at radius 3 is 2.85 bits per heavy atom. The lowest BCUT2D eigenvalue weighted by Gasteiger charge is -2.42. The number of nitrogens with zero attached hydrogens (tertiary/aromatic N) is 4. The summed E-state index contributed by atoms with van der Waals surface area (Å²) in [5, 5.41) is 0. The van der Waals surface area contributed by atoms with Gasteiger partial charge < -0.3 is 9.30 Å². The zero-order chi connectivity index (χ0) is 17.3. The van der Waals surface area contributed by atoms with Gasteiger partial charge in [-0.3, -0.25) is 9.88 Å². The van der Waals surface area contributed by atoms with Crippen LogP contribution in [0.5, 0.6) is 0 Å². The van der Waals surface area contributed by atoms with Crippen molar-refractivity contribution in [1.82, 2.24) is 19.4 Å². The second-order valence-electron chi connectivity index (χ2n) is 8.26. The van der Waals surface area contributed by atoms with Gasteiger partial charge >= 0.3 is 0 Å². The van der Waals surface area contributed by atoms with E-state index in [9.17, 15) is 0 Å². The summed E-state index contributed by atoms with van der Waals surface area (Å²) < 4.78 is 8.57. The van der Waals surface area contributed by atoms with Gasteiger partial charge in [0.15, 0.2) is 0 Å². The molecule has 2 aromatic rings. The minimum absolute atomic E-state index is 0.428. The van der Waals surface area contributed by atoms with Crippen LogP contribution in [0.25, 0.3) is 0 Å². The normalized spacial score (nSPS) is 23.6. The van der Waals surface area contributed by atoms with Crippen LogP contribution >= 0.6 is 0 Å². The predicted octanol–water partition coefficient (Wildman–Crippen LogP) is 3.36. The van der Waals surface area contributed by atoms with Crippen molar-refractivity contribution in [3.8, 4) is 0 Å². The van der Waals surface area contributed by atoms with Crippen molar-refractivity contribution in [2.75, 3.05) is 13.2 Å². The second-order valence-corrected chi connectivity index (χ2v) is 8.26. The van der Waals surface area contributed by atoms with E-state index in [0.717, 1.165) is 43.8 Å². The lowest BCUT2D eigenvalue weighted by molar-refractivity contribution is 0.0545. The number of rotatable bonds is 7. The smallest absolute Gasteiger partial charge is 0.0952 e. The molecule has 2 aliphatic carbocycles. The van der Waals surface area contributed by atoms with E-state index in [4.69, 9.17) is 9.72 Å². The van der Waals surface area contributed by atoms with Crippen LogP contribution in [-0.2, 0) is 24.4 Å². The Bertz CT molecular complexity index is 736. The molecule has 2 saturated carbocycles. The first-order chi connectivity index (χ1) is 12.9. The molecular formula is C21H28N4O. The lowest BCUT2D eigenvalue weighted by atomic mass is 9.88. The molecule has 0 spiro atoms. The molecule has 1 aliphatic heterocycles. The predicted molar refractivity (Wildman–Crippen MR) is 99.6 cm³/mol. The van der Waals surface area contributed by atoms with Crippen molar-refractivity contribution in [2.45, 2.75) is 63.8 Å². The number of imidazole rings is 1. The van der Waals surface area contributed by atoms with Crippen molar-refractivity contribution in [2.24, 2.45) is 5.92 Å². The van der Waals surface area contributed by atoms with Gasteiger partial charge in [-0.2, -0.15) is 0 Å². The molecule has 5 nitrogen and oxygen atoms in total. The Morgan fingerprint density at radius 2 is 2.12 bits per heavy atom. The summed E-state index contributed by atoms with van der Waals surface area (Å²) in [5.41, 5.74) is 3.88. The fourth-order valence-corrected chi connectivity index (χ4v) is 4.34. The molecule has 2 fully saturated rings. The molecule has 0 N–H and O–H groups in total. The summed E-state index contributed by atoms with van der Waals surface area (Å²) in [6.45, 7) is 4.68. The zero-order valence-electron chi connectivity index (χ0n) is 15.4. The maximum absolute atomic E-state index is 6.13. The van der Waals surface area contributed by atoms with E-state index in [-0.39, 0.29) is 0 Å². The molecule has 5 rings (SSSR count). The first-order valence-electron chi connectivity index (χ1n) is 10.1. The van der Waals surface area contributed by atoms with Gasteiger partial charge in [-0.1, -0.05) is 12.5 Å². The van der Waals surface area contributed by atoms with Crippen molar-refractivity contribution < 1.29 is 4.74 Å². The van der Waals surface area contributed by atoms with Crippen LogP contribution in [0.4, 0.5) is 0 Å². The number of aromatic nitrogens is 3. The summed E-state index contributed by atoms with van der Waals surface area (Å²) in [5.74, 6) is 1.30. The highest BCUT2D eigenvalue weighted by molar-refractivity contribution is 5.23. The number of ether oxygens (including phenoxy) is 1. The fourth-order valence-electron chi connectivity index (χ4n) is 4.34. The second kappa shape index (κ2) is 7.12. The lowest BCUT2D eigenvalue weighted by Crippen LogP contribution is -2.45. The summed E-state index contributed by atoms with van der Waals surface area (Å²) in [6.07, 6.45) is 12.6. The van der Waals surface area contributed by atoms with E-state index < -0.39 is 0 Å². The van der Waals surface area contributed by atoms with Gasteiger partial charge in [0.05, 0.1) is 25.2 Å². The standard InChI is InChI=1S/C21H28N4O/c1-4-19(5-1)24-11-18(14-26-13-17-3-2-8-22-9-17)21-20(12-24)23-15-25(21)10-16-6-7-16/h2-3,8-9,15-16,18-19H,1,4-7,10-14H2/t18-/m0/s1. The van der Waals surface area contributed by atoms with Crippen molar-refractivity contribution >= 4 is 0 Å². The molecule has 0 saturated heterocycles. The van der Waals surface area contributed by atoms with Gasteiger partial charge in [0.25, 0.3) is 0 Å². The third kappa shape index (κ3) is 3.42. The van der Waals surface area contributed by atoms with Gasteiger partial charge in [-0.15, -0.1) is 0 Å². The highest BCUT2D eigenvalue weighted by Crippen LogP contribution is 2.37. The molecule has 0 amide bonds. The largest absolute Gasteiger partial charge is 0.376 e. The van der Waals surface area contributed by atoms with Gasteiger partial charge in [-0.25, -0.2) is 4.98 Å². The van der Waals surface area contributed by atoms with Gasteiger partial charge in [0.2, 0.25) is 0 Å². The van der Waals surface area contributed by atoms with E-state index in [1.54, 1.807) is 0 Å². The number of fused-ring (bicyclic) bond motifs is 1. The van der Waals surface area contributed by atoms with Crippen molar-refractivity contribution in [3.05, 3.63) is 47.8 Å². The van der Waals surface area contributed by atoms with Gasteiger partial charge in [0, 0.05) is 49.7 Å². The molecule has 138 valence electrons. The molecule has 5 heteroatoms. The van der Waals surface area contributed by atoms with E-state index in [2.05, 4.69) is 26.8 Å². The molecule has 2 aromatic heterocycles. The molecule has 0 aromatic carbocycles. The molecule has 3 heterocycles. The minimum Gasteiger partial charge on any atom is -0.376 e. The SMILES string of the molecule is c1cncc(COC[C@@H]2CN(C3CCC3)Cc3ncn(CC4CC4)c32)c1. The van der Waals surface area contributed by atoms with E-state index in [0.29, 0.717) is 12.5 Å². The summed E-state index contributed by atoms with van der Waals surface area (Å²) in [6, 6.07) is 4.81. The number of hydrogen-bond acceptors (Lipinski definition) is 4. The monoisotopic (exact) mass is 352 g/mol. The van der Waals surface area contributed by atoms with Crippen LogP contribution in [0.2, 0.25) is 0 Å². The average Bonchev–Trinajstić information content (AvgIpc) is 3.33. The van der Waals surface area contributed by atoms with Crippen LogP contribution in [0.15, 0.2) is 30.9 Å². The Morgan fingerprint density at radius 1 is 1.19 bits per heavy atom. The van der Waals surface area contributed by atoms with Crippen molar-refractivity contribution in [1.29, 1.82) is 0 Å². The number of hydrogen-bond donors (Lipinski definition) is 0. The van der Waals surface area contributed by atoms with E-state index in [1.807, 2.05) is 18.5 Å². The molecular weight excluding hydrogens is 324 g/mol. The fraction of sp³-hybridized carbons (Fsp3) is 0.619. The van der Waals surface area contributed by atoms with Crippen LogP contribution in [0.3, 0.4) is 0 Å². The third-order valence-corrected chi connectivity index (χ3v) is 6.21. The molecule has 0 radical (unpaired) electrons. The first-order valence-corrected chi connectivity index (χ1v) is 10.1. The third-order valence-electron chi connectivity index (χ3n) is 6.21. The Balaban J connectivity index is 1.31. The number of pyridine rings is 1. The molecule has 0 bridgehead atoms. The van der Waals surface area contributed by atoms with Crippen LogP contribution < -0.4 is 0 Å². The summed E-state index contributed by atoms with van der Waals surface area (Å²) in [7, 11) is 0. The zero-order valence-corrected chi connectivity index (χ0v) is 15.4. The molecule has 3 aliphatic rings.